The molecule has 21 heavy (non-hydrogen) atoms. The molecule has 2 aromatic carbocycles. The highest BCUT2D eigenvalue weighted by atomic mass is 35.5. The second kappa shape index (κ2) is 7.12. The fourth-order valence-electron chi connectivity index (χ4n) is 2.00. The van der Waals surface area contributed by atoms with Gasteiger partial charge in [-0.2, -0.15) is 0 Å². The average molecular weight is 339 g/mol. The Labute approximate surface area is 140 Å². The van der Waals surface area contributed by atoms with Crippen molar-refractivity contribution in [3.63, 3.8) is 0 Å². The Morgan fingerprint density at radius 1 is 1.14 bits per heavy atom. The van der Waals surface area contributed by atoms with E-state index in [4.69, 9.17) is 35.4 Å². The zero-order valence-electron chi connectivity index (χ0n) is 11.8. The Balaban J connectivity index is 2.04. The Bertz CT molecular complexity index is 658. The van der Waals surface area contributed by atoms with Crippen molar-refractivity contribution in [1.82, 2.24) is 5.32 Å². The van der Waals surface area contributed by atoms with Crippen LogP contribution in [0.15, 0.2) is 42.5 Å². The summed E-state index contributed by atoms with van der Waals surface area (Å²) in [5.74, 6) is 0. The highest BCUT2D eigenvalue weighted by Crippen LogP contribution is 2.26. The number of benzene rings is 2. The van der Waals surface area contributed by atoms with Gasteiger partial charge in [-0.05, 0) is 55.4 Å². The lowest BCUT2D eigenvalue weighted by atomic mass is 10.1. The van der Waals surface area contributed by atoms with Crippen LogP contribution in [0, 0.1) is 6.92 Å². The SMILES string of the molecule is Cc1ccccc1NC(=S)N[C@@H](C)c1ccc(Cl)cc1Cl. The third-order valence-electron chi connectivity index (χ3n) is 3.17. The quantitative estimate of drug-likeness (QED) is 0.737. The topological polar surface area (TPSA) is 24.1 Å². The van der Waals surface area contributed by atoms with Crippen molar-refractivity contribution in [1.29, 1.82) is 0 Å². The lowest BCUT2D eigenvalue weighted by Crippen LogP contribution is -2.31. The zero-order valence-corrected chi connectivity index (χ0v) is 14.1. The van der Waals surface area contributed by atoms with Crippen LogP contribution in [-0.4, -0.2) is 5.11 Å². The molecule has 0 aliphatic heterocycles. The summed E-state index contributed by atoms with van der Waals surface area (Å²) in [6.45, 7) is 4.03. The van der Waals surface area contributed by atoms with Gasteiger partial charge >= 0.3 is 0 Å². The molecular formula is C16H16Cl2N2S. The largest absolute Gasteiger partial charge is 0.356 e. The first-order valence-corrected chi connectivity index (χ1v) is 7.72. The second-order valence-corrected chi connectivity index (χ2v) is 6.05. The molecule has 2 rings (SSSR count). The molecule has 0 bridgehead atoms. The van der Waals surface area contributed by atoms with Crippen LogP contribution in [0.2, 0.25) is 10.0 Å². The number of hydrogen-bond donors (Lipinski definition) is 2. The lowest BCUT2D eigenvalue weighted by Gasteiger charge is -2.19. The minimum atomic E-state index is -0.0150. The summed E-state index contributed by atoms with van der Waals surface area (Å²) in [7, 11) is 0. The van der Waals surface area contributed by atoms with Gasteiger partial charge in [0.25, 0.3) is 0 Å². The Morgan fingerprint density at radius 3 is 2.52 bits per heavy atom. The number of anilines is 1. The standard InChI is InChI=1S/C16H16Cl2N2S/c1-10-5-3-4-6-15(10)20-16(21)19-11(2)13-8-7-12(17)9-14(13)18/h3-9,11H,1-2H3,(H2,19,20,21)/t11-/m0/s1. The van der Waals surface area contributed by atoms with Crippen LogP contribution in [0.3, 0.4) is 0 Å². The van der Waals surface area contributed by atoms with Crippen LogP contribution in [-0.2, 0) is 0 Å². The molecule has 0 saturated heterocycles. The third kappa shape index (κ3) is 4.34. The first-order chi connectivity index (χ1) is 9.97. The van der Waals surface area contributed by atoms with Gasteiger partial charge in [0.05, 0.1) is 6.04 Å². The first-order valence-electron chi connectivity index (χ1n) is 6.55. The van der Waals surface area contributed by atoms with E-state index in [0.717, 1.165) is 16.8 Å². The molecule has 1 atom stereocenters. The van der Waals surface area contributed by atoms with Crippen molar-refractivity contribution >= 4 is 46.2 Å². The number of halogens is 2. The maximum Gasteiger partial charge on any atom is 0.171 e. The van der Waals surface area contributed by atoms with Gasteiger partial charge in [0.2, 0.25) is 0 Å². The molecule has 2 aromatic rings. The molecule has 0 aliphatic carbocycles. The van der Waals surface area contributed by atoms with Crippen molar-refractivity contribution < 1.29 is 0 Å². The summed E-state index contributed by atoms with van der Waals surface area (Å²) in [4.78, 5) is 0. The van der Waals surface area contributed by atoms with Crippen LogP contribution >= 0.6 is 35.4 Å². The van der Waals surface area contributed by atoms with Crippen LogP contribution < -0.4 is 10.6 Å². The summed E-state index contributed by atoms with van der Waals surface area (Å²) >= 11 is 17.5. The molecule has 0 saturated carbocycles. The van der Waals surface area contributed by atoms with Crippen LogP contribution in [0.1, 0.15) is 24.1 Å². The van der Waals surface area contributed by atoms with E-state index in [9.17, 15) is 0 Å². The maximum absolute atomic E-state index is 6.21. The van der Waals surface area contributed by atoms with Crippen LogP contribution in [0.4, 0.5) is 5.69 Å². The number of nitrogens with one attached hydrogen (secondary N) is 2. The number of aryl methyl sites for hydroxylation is 1. The molecule has 110 valence electrons. The fourth-order valence-corrected chi connectivity index (χ4v) is 2.86. The van der Waals surface area contributed by atoms with E-state index in [2.05, 4.69) is 10.6 Å². The monoisotopic (exact) mass is 338 g/mol. The molecule has 0 aromatic heterocycles. The predicted molar refractivity (Wildman–Crippen MR) is 95.4 cm³/mol. The van der Waals surface area contributed by atoms with Gasteiger partial charge in [-0.15, -0.1) is 0 Å². The predicted octanol–water partition coefficient (Wildman–Crippen LogP) is 5.35. The smallest absolute Gasteiger partial charge is 0.171 e. The summed E-state index contributed by atoms with van der Waals surface area (Å²) < 4.78 is 0. The molecule has 0 aliphatic rings. The van der Waals surface area contributed by atoms with E-state index >= 15 is 0 Å². The summed E-state index contributed by atoms with van der Waals surface area (Å²) in [6.07, 6.45) is 0. The second-order valence-electron chi connectivity index (χ2n) is 4.80. The summed E-state index contributed by atoms with van der Waals surface area (Å²) in [5.41, 5.74) is 3.08. The molecule has 2 N–H and O–H groups in total. The Kier molecular flexibility index (Phi) is 5.45. The highest BCUT2D eigenvalue weighted by Gasteiger charge is 2.11. The Morgan fingerprint density at radius 2 is 1.86 bits per heavy atom. The van der Waals surface area contributed by atoms with E-state index in [1.165, 1.54) is 0 Å². The minimum Gasteiger partial charge on any atom is -0.356 e. The molecule has 0 fully saturated rings. The maximum atomic E-state index is 6.21. The lowest BCUT2D eigenvalue weighted by molar-refractivity contribution is 0.723. The van der Waals surface area contributed by atoms with Gasteiger partial charge in [-0.3, -0.25) is 0 Å². The van der Waals surface area contributed by atoms with Crippen LogP contribution in [0.25, 0.3) is 0 Å². The molecule has 0 amide bonds. The molecule has 0 radical (unpaired) electrons. The van der Waals surface area contributed by atoms with Gasteiger partial charge in [-0.1, -0.05) is 47.5 Å². The van der Waals surface area contributed by atoms with Gasteiger partial charge in [0, 0.05) is 15.7 Å². The zero-order chi connectivity index (χ0) is 15.4. The number of rotatable bonds is 3. The van der Waals surface area contributed by atoms with Gasteiger partial charge in [0.1, 0.15) is 0 Å². The molecule has 5 heteroatoms. The van der Waals surface area contributed by atoms with E-state index in [-0.39, 0.29) is 6.04 Å². The molecular weight excluding hydrogens is 323 g/mol. The molecule has 2 nitrogen and oxygen atoms in total. The fraction of sp³-hybridized carbons (Fsp3) is 0.188. The summed E-state index contributed by atoms with van der Waals surface area (Å²) in [6, 6.07) is 13.4. The van der Waals surface area contributed by atoms with E-state index in [1.807, 2.05) is 50.2 Å². The van der Waals surface area contributed by atoms with Crippen LogP contribution in [0.5, 0.6) is 0 Å². The van der Waals surface area contributed by atoms with Crippen molar-refractivity contribution in [2.24, 2.45) is 0 Å². The Hall–Kier alpha value is -1.29. The summed E-state index contributed by atoms with van der Waals surface area (Å²) in [5, 5.41) is 8.22. The number of thiocarbonyl (C=S) groups is 1. The van der Waals surface area contributed by atoms with Gasteiger partial charge in [0.15, 0.2) is 5.11 Å². The van der Waals surface area contributed by atoms with Crippen molar-refractivity contribution in [3.05, 3.63) is 63.6 Å². The molecule has 0 spiro atoms. The van der Waals surface area contributed by atoms with Gasteiger partial charge < -0.3 is 10.6 Å². The first kappa shape index (κ1) is 16.1. The van der Waals surface area contributed by atoms with E-state index in [0.29, 0.717) is 15.2 Å². The highest BCUT2D eigenvalue weighted by molar-refractivity contribution is 7.80. The molecule has 0 unspecified atom stereocenters. The van der Waals surface area contributed by atoms with Crippen molar-refractivity contribution in [2.75, 3.05) is 5.32 Å². The number of para-hydroxylation sites is 1. The molecule has 0 heterocycles. The van der Waals surface area contributed by atoms with Crippen molar-refractivity contribution in [2.45, 2.75) is 19.9 Å². The van der Waals surface area contributed by atoms with Gasteiger partial charge in [-0.25, -0.2) is 0 Å². The average Bonchev–Trinajstić information content (AvgIpc) is 2.41. The normalized spacial score (nSPS) is 11.8. The van der Waals surface area contributed by atoms with E-state index < -0.39 is 0 Å². The third-order valence-corrected chi connectivity index (χ3v) is 3.95. The van der Waals surface area contributed by atoms with E-state index in [1.54, 1.807) is 6.07 Å². The number of hydrogen-bond acceptors (Lipinski definition) is 1. The minimum absolute atomic E-state index is 0.0150. The van der Waals surface area contributed by atoms with Crippen molar-refractivity contribution in [3.8, 4) is 0 Å².